The standard InChI is InChI=1S/C10H12ClNO3/c1-5-2-7(11)9(13)3-6(5)8(12)4-10(14)15/h2-3,8,13H,4,12H2,1H3,(H,14,15). The van der Waals surface area contributed by atoms with Crippen molar-refractivity contribution in [3.05, 3.63) is 28.3 Å². The molecule has 15 heavy (non-hydrogen) atoms. The van der Waals surface area contributed by atoms with Crippen molar-refractivity contribution in [1.82, 2.24) is 0 Å². The van der Waals surface area contributed by atoms with Crippen LogP contribution in [0, 0.1) is 6.92 Å². The molecule has 0 heterocycles. The molecule has 1 rings (SSSR count). The summed E-state index contributed by atoms with van der Waals surface area (Å²) in [6.07, 6.45) is -0.179. The van der Waals surface area contributed by atoms with Gasteiger partial charge < -0.3 is 15.9 Å². The molecule has 1 atom stereocenters. The van der Waals surface area contributed by atoms with Gasteiger partial charge in [0.2, 0.25) is 0 Å². The Labute approximate surface area is 92.3 Å². The largest absolute Gasteiger partial charge is 0.506 e. The van der Waals surface area contributed by atoms with E-state index in [2.05, 4.69) is 0 Å². The number of nitrogens with two attached hydrogens (primary N) is 1. The molecule has 82 valence electrons. The maximum atomic E-state index is 10.5. The summed E-state index contributed by atoms with van der Waals surface area (Å²) >= 11 is 5.69. The molecule has 0 aliphatic carbocycles. The molecular weight excluding hydrogens is 218 g/mol. The van der Waals surface area contributed by atoms with Crippen LogP contribution in [-0.2, 0) is 4.79 Å². The highest BCUT2D eigenvalue weighted by Gasteiger charge is 2.14. The average molecular weight is 230 g/mol. The highest BCUT2D eigenvalue weighted by atomic mass is 35.5. The summed E-state index contributed by atoms with van der Waals surface area (Å²) < 4.78 is 0. The second-order valence-corrected chi connectivity index (χ2v) is 3.77. The van der Waals surface area contributed by atoms with Crippen LogP contribution in [0.4, 0.5) is 0 Å². The minimum atomic E-state index is -0.976. The van der Waals surface area contributed by atoms with Crippen molar-refractivity contribution in [3.63, 3.8) is 0 Å². The maximum absolute atomic E-state index is 10.5. The van der Waals surface area contributed by atoms with E-state index in [9.17, 15) is 9.90 Å². The fourth-order valence-corrected chi connectivity index (χ4v) is 1.59. The summed E-state index contributed by atoms with van der Waals surface area (Å²) in [5, 5.41) is 18.2. The van der Waals surface area contributed by atoms with Crippen LogP contribution in [0.3, 0.4) is 0 Å². The van der Waals surface area contributed by atoms with Crippen LogP contribution in [-0.4, -0.2) is 16.2 Å². The van der Waals surface area contributed by atoms with Crippen molar-refractivity contribution in [2.24, 2.45) is 5.73 Å². The first-order valence-corrected chi connectivity index (χ1v) is 4.76. The maximum Gasteiger partial charge on any atom is 0.305 e. The van der Waals surface area contributed by atoms with Crippen LogP contribution in [0.5, 0.6) is 5.75 Å². The van der Waals surface area contributed by atoms with Gasteiger partial charge in [0.05, 0.1) is 11.4 Å². The molecule has 1 unspecified atom stereocenters. The van der Waals surface area contributed by atoms with E-state index in [1.165, 1.54) is 6.07 Å². The number of aromatic hydroxyl groups is 1. The highest BCUT2D eigenvalue weighted by molar-refractivity contribution is 6.32. The van der Waals surface area contributed by atoms with Gasteiger partial charge in [-0.2, -0.15) is 0 Å². The van der Waals surface area contributed by atoms with E-state index in [0.717, 1.165) is 5.56 Å². The second kappa shape index (κ2) is 4.51. The first-order valence-electron chi connectivity index (χ1n) is 4.38. The third-order valence-electron chi connectivity index (χ3n) is 2.13. The number of phenolic OH excluding ortho intramolecular Hbond substituents is 1. The van der Waals surface area contributed by atoms with Crippen molar-refractivity contribution in [2.45, 2.75) is 19.4 Å². The number of hydrogen-bond donors (Lipinski definition) is 3. The quantitative estimate of drug-likeness (QED) is 0.738. The number of benzene rings is 1. The number of rotatable bonds is 3. The third kappa shape index (κ3) is 2.84. The van der Waals surface area contributed by atoms with Crippen molar-refractivity contribution in [2.75, 3.05) is 0 Å². The van der Waals surface area contributed by atoms with E-state index in [0.29, 0.717) is 5.56 Å². The van der Waals surface area contributed by atoms with Gasteiger partial charge in [0.15, 0.2) is 0 Å². The Kier molecular flexibility index (Phi) is 3.55. The summed E-state index contributed by atoms with van der Waals surface area (Å²) in [4.78, 5) is 10.5. The van der Waals surface area contributed by atoms with E-state index in [-0.39, 0.29) is 17.2 Å². The van der Waals surface area contributed by atoms with Crippen molar-refractivity contribution >= 4 is 17.6 Å². The summed E-state index contributed by atoms with van der Waals surface area (Å²) in [7, 11) is 0. The fraction of sp³-hybridized carbons (Fsp3) is 0.300. The van der Waals surface area contributed by atoms with Gasteiger partial charge >= 0.3 is 5.97 Å². The minimum Gasteiger partial charge on any atom is -0.506 e. The van der Waals surface area contributed by atoms with Crippen LogP contribution in [0.2, 0.25) is 5.02 Å². The third-order valence-corrected chi connectivity index (χ3v) is 2.43. The van der Waals surface area contributed by atoms with Gasteiger partial charge in [-0.1, -0.05) is 11.6 Å². The Morgan fingerprint density at radius 2 is 2.20 bits per heavy atom. The van der Waals surface area contributed by atoms with E-state index >= 15 is 0 Å². The van der Waals surface area contributed by atoms with E-state index in [1.54, 1.807) is 13.0 Å². The molecule has 0 fully saturated rings. The van der Waals surface area contributed by atoms with Crippen molar-refractivity contribution in [1.29, 1.82) is 0 Å². The molecule has 0 bridgehead atoms. The molecule has 0 spiro atoms. The zero-order valence-corrected chi connectivity index (χ0v) is 8.95. The smallest absolute Gasteiger partial charge is 0.305 e. The molecule has 5 heteroatoms. The number of halogens is 1. The number of phenols is 1. The molecule has 0 saturated carbocycles. The number of carbonyl (C=O) groups is 1. The van der Waals surface area contributed by atoms with E-state index in [4.69, 9.17) is 22.4 Å². The molecule has 1 aromatic rings. The van der Waals surface area contributed by atoms with Gasteiger partial charge in [-0.25, -0.2) is 0 Å². The molecule has 0 saturated heterocycles. The molecule has 4 N–H and O–H groups in total. The summed E-state index contributed by atoms with van der Waals surface area (Å²) in [6.45, 7) is 1.77. The lowest BCUT2D eigenvalue weighted by Gasteiger charge is -2.13. The van der Waals surface area contributed by atoms with Crippen LogP contribution in [0.1, 0.15) is 23.6 Å². The number of aliphatic carboxylic acids is 1. The monoisotopic (exact) mass is 229 g/mol. The zero-order chi connectivity index (χ0) is 11.6. The lowest BCUT2D eigenvalue weighted by molar-refractivity contribution is -0.137. The van der Waals surface area contributed by atoms with Gasteiger partial charge in [-0.3, -0.25) is 4.79 Å². The molecule has 0 amide bonds. The number of carboxylic acid groups (broad SMARTS) is 1. The van der Waals surface area contributed by atoms with Gasteiger partial charge in [0.25, 0.3) is 0 Å². The Morgan fingerprint density at radius 3 is 2.73 bits per heavy atom. The highest BCUT2D eigenvalue weighted by Crippen LogP contribution is 2.30. The molecule has 0 aromatic heterocycles. The van der Waals surface area contributed by atoms with Crippen LogP contribution in [0.25, 0.3) is 0 Å². The first kappa shape index (κ1) is 11.8. The van der Waals surface area contributed by atoms with Crippen LogP contribution in [0.15, 0.2) is 12.1 Å². The van der Waals surface area contributed by atoms with Crippen LogP contribution >= 0.6 is 11.6 Å². The van der Waals surface area contributed by atoms with E-state index in [1.807, 2.05) is 0 Å². The number of hydrogen-bond acceptors (Lipinski definition) is 3. The summed E-state index contributed by atoms with van der Waals surface area (Å²) in [5.74, 6) is -1.06. The minimum absolute atomic E-state index is 0.0851. The van der Waals surface area contributed by atoms with Gasteiger partial charge in [-0.05, 0) is 30.2 Å². The van der Waals surface area contributed by atoms with E-state index < -0.39 is 12.0 Å². The lowest BCUT2D eigenvalue weighted by Crippen LogP contribution is -2.16. The zero-order valence-electron chi connectivity index (χ0n) is 8.20. The Morgan fingerprint density at radius 1 is 1.60 bits per heavy atom. The van der Waals surface area contributed by atoms with Crippen molar-refractivity contribution < 1.29 is 15.0 Å². The Hall–Kier alpha value is -1.26. The fourth-order valence-electron chi connectivity index (χ4n) is 1.37. The molecule has 0 aliphatic rings. The molecule has 0 radical (unpaired) electrons. The molecule has 1 aromatic carbocycles. The lowest BCUT2D eigenvalue weighted by atomic mass is 9.99. The predicted octanol–water partition coefficient (Wildman–Crippen LogP) is 1.83. The number of carboxylic acids is 1. The topological polar surface area (TPSA) is 83.5 Å². The van der Waals surface area contributed by atoms with Crippen molar-refractivity contribution in [3.8, 4) is 5.75 Å². The Bertz CT molecular complexity index is 392. The van der Waals surface area contributed by atoms with Gasteiger partial charge in [0, 0.05) is 6.04 Å². The SMILES string of the molecule is Cc1cc(Cl)c(O)cc1C(N)CC(=O)O. The molecule has 4 nitrogen and oxygen atoms in total. The van der Waals surface area contributed by atoms with Gasteiger partial charge in [0.1, 0.15) is 5.75 Å². The summed E-state index contributed by atoms with van der Waals surface area (Å²) in [5.41, 5.74) is 7.05. The number of aryl methyl sites for hydroxylation is 1. The second-order valence-electron chi connectivity index (χ2n) is 3.36. The van der Waals surface area contributed by atoms with Crippen LogP contribution < -0.4 is 5.73 Å². The predicted molar refractivity (Wildman–Crippen MR) is 57.0 cm³/mol. The Balaban J connectivity index is 3.03. The molecular formula is C10H12ClNO3. The average Bonchev–Trinajstić information content (AvgIpc) is 2.09. The summed E-state index contributed by atoms with van der Waals surface area (Å²) in [6, 6.07) is 2.34. The normalized spacial score (nSPS) is 12.5. The van der Waals surface area contributed by atoms with Gasteiger partial charge in [-0.15, -0.1) is 0 Å². The molecule has 0 aliphatic heterocycles. The first-order chi connectivity index (χ1) is 6.91.